The molecule has 102 valence electrons. The number of hydrogen-bond acceptors (Lipinski definition) is 2. The molecule has 0 bridgehead atoms. The van der Waals surface area contributed by atoms with Crippen LogP contribution in [0.2, 0.25) is 18.1 Å². The van der Waals surface area contributed by atoms with Crippen LogP contribution in [-0.2, 0) is 9.22 Å². The van der Waals surface area contributed by atoms with Crippen molar-refractivity contribution in [1.29, 1.82) is 0 Å². The first kappa shape index (κ1) is 17.1. The molecule has 0 saturated carbocycles. The quantitative estimate of drug-likeness (QED) is 0.270. The van der Waals surface area contributed by atoms with Gasteiger partial charge in [0.2, 0.25) is 0 Å². The molecule has 18 heavy (non-hydrogen) atoms. The third-order valence-electron chi connectivity index (χ3n) is 3.42. The molecule has 0 fully saturated rings. The van der Waals surface area contributed by atoms with Crippen LogP contribution in [0.15, 0.2) is 36.5 Å². The SMILES string of the molecule is C=C(C=O)[C@@H](/C=C/C=C/C)O[Si](CC)(CC)CC. The average Bonchev–Trinajstić information content (AvgIpc) is 2.42. The summed E-state index contributed by atoms with van der Waals surface area (Å²) in [7, 11) is -1.71. The van der Waals surface area contributed by atoms with Gasteiger partial charge in [-0.2, -0.15) is 0 Å². The van der Waals surface area contributed by atoms with Crippen LogP contribution >= 0.6 is 0 Å². The minimum atomic E-state index is -1.71. The lowest BCUT2D eigenvalue weighted by atomic mass is 10.2. The van der Waals surface area contributed by atoms with Gasteiger partial charge in [0.15, 0.2) is 8.32 Å². The highest BCUT2D eigenvalue weighted by molar-refractivity contribution is 6.73. The van der Waals surface area contributed by atoms with Crippen LogP contribution in [0.25, 0.3) is 0 Å². The second-order valence-electron chi connectivity index (χ2n) is 4.39. The Bertz CT molecular complexity index is 306. The molecule has 2 nitrogen and oxygen atoms in total. The maximum absolute atomic E-state index is 10.9. The normalized spacial score (nSPS) is 14.2. The summed E-state index contributed by atoms with van der Waals surface area (Å²) in [6.45, 7) is 12.3. The Hall–Kier alpha value is -0.933. The minimum Gasteiger partial charge on any atom is -0.406 e. The maximum atomic E-state index is 10.9. The fourth-order valence-corrected chi connectivity index (χ4v) is 4.62. The van der Waals surface area contributed by atoms with Gasteiger partial charge in [0.25, 0.3) is 0 Å². The Morgan fingerprint density at radius 3 is 2.17 bits per heavy atom. The van der Waals surface area contributed by atoms with E-state index in [9.17, 15) is 4.79 Å². The Kier molecular flexibility index (Phi) is 8.59. The summed E-state index contributed by atoms with van der Waals surface area (Å²) in [6.07, 6.45) is 8.23. The van der Waals surface area contributed by atoms with Gasteiger partial charge in [0.05, 0.1) is 6.10 Å². The van der Waals surface area contributed by atoms with Crippen molar-refractivity contribution in [3.63, 3.8) is 0 Å². The lowest BCUT2D eigenvalue weighted by Crippen LogP contribution is -2.40. The number of aldehydes is 1. The number of hydrogen-bond donors (Lipinski definition) is 0. The molecule has 0 rings (SSSR count). The maximum Gasteiger partial charge on any atom is 0.193 e. The summed E-state index contributed by atoms with van der Waals surface area (Å²) < 4.78 is 6.27. The number of rotatable bonds is 9. The fourth-order valence-electron chi connectivity index (χ4n) is 1.85. The summed E-state index contributed by atoms with van der Waals surface area (Å²) >= 11 is 0. The van der Waals surface area contributed by atoms with Crippen LogP contribution < -0.4 is 0 Å². The smallest absolute Gasteiger partial charge is 0.193 e. The third-order valence-corrected chi connectivity index (χ3v) is 8.04. The largest absolute Gasteiger partial charge is 0.406 e. The zero-order chi connectivity index (χ0) is 14.0. The van der Waals surface area contributed by atoms with Crippen molar-refractivity contribution in [3.8, 4) is 0 Å². The third kappa shape index (κ3) is 5.15. The predicted octanol–water partition coefficient (Wildman–Crippen LogP) is 4.26. The first-order valence-corrected chi connectivity index (χ1v) is 9.23. The molecule has 0 saturated heterocycles. The van der Waals surface area contributed by atoms with Crippen LogP contribution in [0, 0.1) is 0 Å². The van der Waals surface area contributed by atoms with Crippen molar-refractivity contribution < 1.29 is 9.22 Å². The van der Waals surface area contributed by atoms with E-state index in [0.717, 1.165) is 24.4 Å². The number of carbonyl (C=O) groups excluding carboxylic acids is 1. The Balaban J connectivity index is 4.97. The molecule has 0 N–H and O–H groups in total. The van der Waals surface area contributed by atoms with Gasteiger partial charge in [0.1, 0.15) is 6.29 Å². The van der Waals surface area contributed by atoms with Crippen molar-refractivity contribution in [2.24, 2.45) is 0 Å². The molecule has 0 aromatic carbocycles. The van der Waals surface area contributed by atoms with Crippen molar-refractivity contribution >= 4 is 14.6 Å². The van der Waals surface area contributed by atoms with E-state index in [2.05, 4.69) is 27.4 Å². The molecule has 0 radical (unpaired) electrons. The van der Waals surface area contributed by atoms with Crippen molar-refractivity contribution in [2.45, 2.75) is 51.9 Å². The summed E-state index contributed by atoms with van der Waals surface area (Å²) in [5, 5.41) is 0. The standard InChI is InChI=1S/C15H26O2Si/c1-6-10-11-12-15(14(5)13-16)17-18(7-2,8-3)9-4/h6,10-13,15H,5,7-9H2,1-4H3/b10-6+,12-11+/t15-/m1/s1. The molecular weight excluding hydrogens is 240 g/mol. The van der Waals surface area contributed by atoms with E-state index in [0.29, 0.717) is 5.57 Å². The van der Waals surface area contributed by atoms with Crippen molar-refractivity contribution in [1.82, 2.24) is 0 Å². The topological polar surface area (TPSA) is 26.3 Å². The molecule has 0 aromatic heterocycles. The summed E-state index contributed by atoms with van der Waals surface area (Å²) in [6, 6.07) is 3.21. The molecular formula is C15H26O2Si. The summed E-state index contributed by atoms with van der Waals surface area (Å²) in [4.78, 5) is 10.9. The molecule has 1 atom stereocenters. The van der Waals surface area contributed by atoms with Crippen molar-refractivity contribution in [2.75, 3.05) is 0 Å². The van der Waals surface area contributed by atoms with Crippen LogP contribution in [0.5, 0.6) is 0 Å². The average molecular weight is 266 g/mol. The first-order valence-electron chi connectivity index (χ1n) is 6.70. The van der Waals surface area contributed by atoms with E-state index in [1.807, 2.05) is 31.2 Å². The van der Waals surface area contributed by atoms with Crippen LogP contribution in [0.3, 0.4) is 0 Å². The van der Waals surface area contributed by atoms with E-state index in [1.165, 1.54) is 0 Å². The second-order valence-corrected chi connectivity index (χ2v) is 9.11. The number of carbonyl (C=O) groups is 1. The summed E-state index contributed by atoms with van der Waals surface area (Å²) in [5.41, 5.74) is 0.503. The lowest BCUT2D eigenvalue weighted by Gasteiger charge is -2.32. The summed E-state index contributed by atoms with van der Waals surface area (Å²) in [5.74, 6) is 0. The molecule has 0 aromatic rings. The van der Waals surface area contributed by atoms with Gasteiger partial charge in [-0.15, -0.1) is 0 Å². The Morgan fingerprint density at radius 1 is 1.22 bits per heavy atom. The van der Waals surface area contributed by atoms with E-state index in [-0.39, 0.29) is 6.10 Å². The highest BCUT2D eigenvalue weighted by Crippen LogP contribution is 2.25. The van der Waals surface area contributed by atoms with Crippen molar-refractivity contribution in [3.05, 3.63) is 36.5 Å². The van der Waals surface area contributed by atoms with E-state index in [4.69, 9.17) is 4.43 Å². The molecule has 0 aliphatic carbocycles. The van der Waals surface area contributed by atoms with Gasteiger partial charge in [-0.1, -0.05) is 51.7 Å². The van der Waals surface area contributed by atoms with Crippen LogP contribution in [0.4, 0.5) is 0 Å². The second kappa shape index (κ2) is 9.06. The zero-order valence-corrected chi connectivity index (χ0v) is 13.1. The molecule has 0 unspecified atom stereocenters. The molecule has 0 heterocycles. The van der Waals surface area contributed by atoms with E-state index >= 15 is 0 Å². The first-order chi connectivity index (χ1) is 8.59. The molecule has 3 heteroatoms. The molecule has 0 aliphatic rings. The van der Waals surface area contributed by atoms with Gasteiger partial charge >= 0.3 is 0 Å². The highest BCUT2D eigenvalue weighted by atomic mass is 28.4. The van der Waals surface area contributed by atoms with Gasteiger partial charge in [0, 0.05) is 5.57 Å². The molecule has 0 aliphatic heterocycles. The zero-order valence-electron chi connectivity index (χ0n) is 12.1. The van der Waals surface area contributed by atoms with Gasteiger partial charge in [-0.25, -0.2) is 0 Å². The van der Waals surface area contributed by atoms with Crippen LogP contribution in [-0.4, -0.2) is 20.7 Å². The predicted molar refractivity (Wildman–Crippen MR) is 81.2 cm³/mol. The van der Waals surface area contributed by atoms with Gasteiger partial charge < -0.3 is 4.43 Å². The highest BCUT2D eigenvalue weighted by Gasteiger charge is 2.31. The fraction of sp³-hybridized carbons (Fsp3) is 0.533. The molecule has 0 amide bonds. The van der Waals surface area contributed by atoms with Crippen LogP contribution in [0.1, 0.15) is 27.7 Å². The lowest BCUT2D eigenvalue weighted by molar-refractivity contribution is -0.105. The van der Waals surface area contributed by atoms with E-state index < -0.39 is 8.32 Å². The van der Waals surface area contributed by atoms with Gasteiger partial charge in [-0.3, -0.25) is 4.79 Å². The van der Waals surface area contributed by atoms with E-state index in [1.54, 1.807) is 0 Å². The number of allylic oxidation sites excluding steroid dienone is 3. The Labute approximate surface area is 113 Å². The van der Waals surface area contributed by atoms with Gasteiger partial charge in [-0.05, 0) is 25.1 Å². The Morgan fingerprint density at radius 2 is 1.78 bits per heavy atom. The monoisotopic (exact) mass is 266 g/mol. The molecule has 0 spiro atoms. The minimum absolute atomic E-state index is 0.273.